The first-order valence-corrected chi connectivity index (χ1v) is 6.20. The Morgan fingerprint density at radius 3 is 2.89 bits per heavy atom. The van der Waals surface area contributed by atoms with Crippen LogP contribution < -0.4 is 0 Å². The lowest BCUT2D eigenvalue weighted by molar-refractivity contribution is -0.136. The standard InChI is InChI=1S/C13H12ClN3O2/c1-7-9(14)3-4-10-12(7)15-13-16(2)8(5-11(18)19)6-17(10)13/h3-4,6H,5H2,1-2H3,(H,18,19). The minimum atomic E-state index is -0.854. The fourth-order valence-corrected chi connectivity index (χ4v) is 2.46. The smallest absolute Gasteiger partial charge is 0.309 e. The quantitative estimate of drug-likeness (QED) is 0.782. The summed E-state index contributed by atoms with van der Waals surface area (Å²) in [5.74, 6) is -0.135. The number of aromatic nitrogens is 3. The Labute approximate surface area is 114 Å². The van der Waals surface area contributed by atoms with E-state index >= 15 is 0 Å². The number of imidazole rings is 2. The molecular formula is C13H12ClN3O2. The van der Waals surface area contributed by atoms with Gasteiger partial charge in [-0.15, -0.1) is 0 Å². The van der Waals surface area contributed by atoms with E-state index in [0.29, 0.717) is 10.7 Å². The first-order valence-electron chi connectivity index (χ1n) is 5.82. The number of carbonyl (C=O) groups is 1. The van der Waals surface area contributed by atoms with E-state index in [-0.39, 0.29) is 6.42 Å². The SMILES string of the molecule is Cc1c(Cl)ccc2c1nc1n(C)c(CC(=O)O)cn21. The summed E-state index contributed by atoms with van der Waals surface area (Å²) in [6.07, 6.45) is 1.79. The van der Waals surface area contributed by atoms with Crippen LogP contribution in [0.3, 0.4) is 0 Å². The maximum atomic E-state index is 10.8. The Morgan fingerprint density at radius 1 is 1.47 bits per heavy atom. The summed E-state index contributed by atoms with van der Waals surface area (Å²) in [6.45, 7) is 1.93. The molecule has 2 heterocycles. The van der Waals surface area contributed by atoms with Crippen LogP contribution in [0.1, 0.15) is 11.3 Å². The van der Waals surface area contributed by atoms with Gasteiger partial charge in [0.15, 0.2) is 0 Å². The maximum Gasteiger partial charge on any atom is 0.309 e. The molecule has 0 spiro atoms. The summed E-state index contributed by atoms with van der Waals surface area (Å²) in [4.78, 5) is 15.4. The zero-order chi connectivity index (χ0) is 13.7. The van der Waals surface area contributed by atoms with Crippen LogP contribution in [0.4, 0.5) is 0 Å². The monoisotopic (exact) mass is 277 g/mol. The van der Waals surface area contributed by atoms with Crippen LogP contribution >= 0.6 is 11.6 Å². The van der Waals surface area contributed by atoms with E-state index in [4.69, 9.17) is 16.7 Å². The lowest BCUT2D eigenvalue weighted by atomic mass is 10.2. The van der Waals surface area contributed by atoms with E-state index in [1.165, 1.54) is 0 Å². The van der Waals surface area contributed by atoms with E-state index < -0.39 is 5.97 Å². The number of aliphatic carboxylic acids is 1. The van der Waals surface area contributed by atoms with Crippen LogP contribution in [-0.2, 0) is 18.3 Å². The Morgan fingerprint density at radius 2 is 2.21 bits per heavy atom. The fourth-order valence-electron chi connectivity index (χ4n) is 2.31. The van der Waals surface area contributed by atoms with E-state index in [0.717, 1.165) is 22.4 Å². The predicted octanol–water partition coefficient (Wildman–Crippen LogP) is 2.41. The Bertz CT molecular complexity index is 816. The van der Waals surface area contributed by atoms with E-state index in [1.54, 1.807) is 4.57 Å². The molecule has 3 aromatic rings. The molecule has 0 radical (unpaired) electrons. The molecular weight excluding hydrogens is 266 g/mol. The van der Waals surface area contributed by atoms with Gasteiger partial charge < -0.3 is 9.67 Å². The topological polar surface area (TPSA) is 59.5 Å². The van der Waals surface area contributed by atoms with Gasteiger partial charge in [0, 0.05) is 24.0 Å². The van der Waals surface area contributed by atoms with Crippen LogP contribution in [0.2, 0.25) is 5.02 Å². The van der Waals surface area contributed by atoms with Crippen LogP contribution in [0.25, 0.3) is 16.8 Å². The van der Waals surface area contributed by atoms with Gasteiger partial charge in [-0.25, -0.2) is 4.98 Å². The second-order valence-corrected chi connectivity index (χ2v) is 4.98. The second-order valence-electron chi connectivity index (χ2n) is 4.57. The average molecular weight is 278 g/mol. The third-order valence-electron chi connectivity index (χ3n) is 3.37. The lowest BCUT2D eigenvalue weighted by Crippen LogP contribution is -2.05. The number of benzene rings is 1. The number of fused-ring (bicyclic) bond motifs is 3. The minimum Gasteiger partial charge on any atom is -0.481 e. The highest BCUT2D eigenvalue weighted by atomic mass is 35.5. The Kier molecular flexibility index (Phi) is 2.53. The Hall–Kier alpha value is -2.01. The molecule has 0 atom stereocenters. The summed E-state index contributed by atoms with van der Waals surface area (Å²) in [7, 11) is 1.82. The van der Waals surface area contributed by atoms with Crippen LogP contribution in [0.5, 0.6) is 0 Å². The number of rotatable bonds is 2. The molecule has 98 valence electrons. The molecule has 5 nitrogen and oxygen atoms in total. The number of carboxylic acids is 1. The van der Waals surface area contributed by atoms with Gasteiger partial charge >= 0.3 is 5.97 Å². The van der Waals surface area contributed by atoms with Crippen molar-refractivity contribution in [1.82, 2.24) is 14.0 Å². The summed E-state index contributed by atoms with van der Waals surface area (Å²) in [5, 5.41) is 9.57. The zero-order valence-electron chi connectivity index (χ0n) is 10.5. The number of nitrogens with zero attached hydrogens (tertiary/aromatic N) is 3. The molecule has 1 aromatic carbocycles. The molecule has 2 aromatic heterocycles. The van der Waals surface area contributed by atoms with Crippen molar-refractivity contribution in [3.63, 3.8) is 0 Å². The molecule has 0 aliphatic heterocycles. The lowest BCUT2D eigenvalue weighted by Gasteiger charge is -1.99. The van der Waals surface area contributed by atoms with Gasteiger partial charge in [-0.2, -0.15) is 0 Å². The number of halogens is 1. The zero-order valence-corrected chi connectivity index (χ0v) is 11.3. The highest BCUT2D eigenvalue weighted by Gasteiger charge is 2.15. The highest BCUT2D eigenvalue weighted by Crippen LogP contribution is 2.26. The van der Waals surface area contributed by atoms with Crippen molar-refractivity contribution in [1.29, 1.82) is 0 Å². The molecule has 6 heteroatoms. The van der Waals surface area contributed by atoms with E-state index in [1.807, 2.05) is 36.7 Å². The van der Waals surface area contributed by atoms with Crippen molar-refractivity contribution < 1.29 is 9.90 Å². The second kappa shape index (κ2) is 3.99. The van der Waals surface area contributed by atoms with Gasteiger partial charge in [-0.3, -0.25) is 9.20 Å². The van der Waals surface area contributed by atoms with Crippen molar-refractivity contribution in [2.24, 2.45) is 7.05 Å². The Balaban J connectivity index is 2.33. The molecule has 0 amide bonds. The van der Waals surface area contributed by atoms with Crippen molar-refractivity contribution in [3.05, 3.63) is 34.6 Å². The molecule has 0 aliphatic rings. The van der Waals surface area contributed by atoms with Gasteiger partial charge in [0.25, 0.3) is 0 Å². The molecule has 0 fully saturated rings. The highest BCUT2D eigenvalue weighted by molar-refractivity contribution is 6.32. The molecule has 0 bridgehead atoms. The third kappa shape index (κ3) is 1.69. The first-order chi connectivity index (χ1) is 8.99. The number of carboxylic acid groups (broad SMARTS) is 1. The largest absolute Gasteiger partial charge is 0.481 e. The summed E-state index contributed by atoms with van der Waals surface area (Å²) in [5.41, 5.74) is 3.43. The third-order valence-corrected chi connectivity index (χ3v) is 3.78. The average Bonchev–Trinajstić information content (AvgIpc) is 2.83. The molecule has 0 saturated carbocycles. The first kappa shape index (κ1) is 12.0. The fraction of sp³-hybridized carbons (Fsp3) is 0.231. The van der Waals surface area contributed by atoms with Crippen molar-refractivity contribution in [3.8, 4) is 0 Å². The van der Waals surface area contributed by atoms with E-state index in [2.05, 4.69) is 4.98 Å². The van der Waals surface area contributed by atoms with Gasteiger partial charge in [0.2, 0.25) is 5.78 Å². The number of aryl methyl sites for hydroxylation is 2. The van der Waals surface area contributed by atoms with E-state index in [9.17, 15) is 4.79 Å². The van der Waals surface area contributed by atoms with Gasteiger partial charge in [0.05, 0.1) is 17.5 Å². The van der Waals surface area contributed by atoms with Gasteiger partial charge in [0.1, 0.15) is 0 Å². The van der Waals surface area contributed by atoms with Crippen molar-refractivity contribution in [2.45, 2.75) is 13.3 Å². The maximum absolute atomic E-state index is 10.8. The number of hydrogen-bond donors (Lipinski definition) is 1. The predicted molar refractivity (Wildman–Crippen MR) is 72.8 cm³/mol. The van der Waals surface area contributed by atoms with Crippen molar-refractivity contribution in [2.75, 3.05) is 0 Å². The van der Waals surface area contributed by atoms with Gasteiger partial charge in [-0.05, 0) is 24.6 Å². The van der Waals surface area contributed by atoms with Crippen LogP contribution in [0.15, 0.2) is 18.3 Å². The molecule has 19 heavy (non-hydrogen) atoms. The molecule has 0 unspecified atom stereocenters. The summed E-state index contributed by atoms with van der Waals surface area (Å²) in [6, 6.07) is 3.73. The van der Waals surface area contributed by atoms with Gasteiger partial charge in [-0.1, -0.05) is 11.6 Å². The molecule has 0 aliphatic carbocycles. The molecule has 1 N–H and O–H groups in total. The van der Waals surface area contributed by atoms with Crippen molar-refractivity contribution >= 4 is 34.4 Å². The van der Waals surface area contributed by atoms with Crippen LogP contribution in [-0.4, -0.2) is 25.0 Å². The summed E-state index contributed by atoms with van der Waals surface area (Å²) < 4.78 is 3.69. The number of hydrogen-bond acceptors (Lipinski definition) is 2. The molecule has 3 rings (SSSR count). The van der Waals surface area contributed by atoms with Crippen LogP contribution in [0, 0.1) is 6.92 Å². The summed E-state index contributed by atoms with van der Waals surface area (Å²) >= 11 is 6.09. The normalized spacial score (nSPS) is 11.5. The minimum absolute atomic E-state index is 0.0199. The molecule has 0 saturated heterocycles.